The van der Waals surface area contributed by atoms with Gasteiger partial charge in [-0.2, -0.15) is 0 Å². The fourth-order valence-corrected chi connectivity index (χ4v) is 2.74. The van der Waals surface area contributed by atoms with Crippen molar-refractivity contribution in [2.45, 2.75) is 32.2 Å². The molecule has 5 heteroatoms. The Labute approximate surface area is 124 Å². The van der Waals surface area contributed by atoms with Gasteiger partial charge in [0.1, 0.15) is 11.6 Å². The molecule has 3 nitrogen and oxygen atoms in total. The van der Waals surface area contributed by atoms with Gasteiger partial charge in [0, 0.05) is 19.0 Å². The lowest BCUT2D eigenvalue weighted by molar-refractivity contribution is -0.133. The van der Waals surface area contributed by atoms with E-state index in [0.717, 1.165) is 44.1 Å². The molecule has 1 atom stereocenters. The first-order valence-electron chi connectivity index (χ1n) is 7.40. The minimum atomic E-state index is -0.488. The monoisotopic (exact) mass is 296 g/mol. The molecule has 0 saturated carbocycles. The number of hydrogen-bond donors (Lipinski definition) is 1. The molecule has 0 aliphatic carbocycles. The van der Waals surface area contributed by atoms with Crippen molar-refractivity contribution in [2.24, 2.45) is 5.92 Å². The number of nitrogens with one attached hydrogen (secondary N) is 1. The second kappa shape index (κ2) is 6.98. The molecule has 1 saturated heterocycles. The van der Waals surface area contributed by atoms with Crippen molar-refractivity contribution < 1.29 is 13.6 Å². The summed E-state index contributed by atoms with van der Waals surface area (Å²) in [7, 11) is 1.65. The van der Waals surface area contributed by atoms with E-state index in [0.29, 0.717) is 12.3 Å². The summed E-state index contributed by atoms with van der Waals surface area (Å²) in [5.74, 6) is -0.605. The predicted octanol–water partition coefficient (Wildman–Crippen LogP) is 2.87. The molecular weight excluding hydrogens is 274 g/mol. The van der Waals surface area contributed by atoms with Crippen LogP contribution in [0.25, 0.3) is 0 Å². The zero-order chi connectivity index (χ0) is 15.4. The highest BCUT2D eigenvalue weighted by molar-refractivity contribution is 5.76. The van der Waals surface area contributed by atoms with Crippen LogP contribution in [0.15, 0.2) is 18.2 Å². The van der Waals surface area contributed by atoms with Gasteiger partial charge in [0.25, 0.3) is 0 Å². The fraction of sp³-hybridized carbons (Fsp3) is 0.562. The van der Waals surface area contributed by atoms with Crippen LogP contribution in [0.4, 0.5) is 8.78 Å². The summed E-state index contributed by atoms with van der Waals surface area (Å²) in [4.78, 5) is 13.8. The summed E-state index contributed by atoms with van der Waals surface area (Å²) in [6.07, 6.45) is 2.45. The minimum absolute atomic E-state index is 0.0157. The Morgan fingerprint density at radius 3 is 2.71 bits per heavy atom. The van der Waals surface area contributed by atoms with E-state index in [4.69, 9.17) is 0 Å². The van der Waals surface area contributed by atoms with Crippen LogP contribution >= 0.6 is 0 Å². The molecular formula is C16H22F2N2O. The molecule has 1 aliphatic heterocycles. The first-order chi connectivity index (χ1) is 9.99. The molecule has 21 heavy (non-hydrogen) atoms. The van der Waals surface area contributed by atoms with Crippen molar-refractivity contribution in [3.8, 4) is 0 Å². The van der Waals surface area contributed by atoms with Gasteiger partial charge < -0.3 is 10.2 Å². The van der Waals surface area contributed by atoms with Gasteiger partial charge in [-0.3, -0.25) is 4.79 Å². The van der Waals surface area contributed by atoms with Crippen LogP contribution < -0.4 is 5.32 Å². The third-order valence-corrected chi connectivity index (χ3v) is 4.30. The normalized spacial score (nSPS) is 17.5. The zero-order valence-corrected chi connectivity index (χ0v) is 12.5. The van der Waals surface area contributed by atoms with Gasteiger partial charge in [0.05, 0.1) is 6.04 Å². The van der Waals surface area contributed by atoms with E-state index in [9.17, 15) is 13.6 Å². The maximum absolute atomic E-state index is 13.8. The van der Waals surface area contributed by atoms with Gasteiger partial charge in [0.2, 0.25) is 5.91 Å². The average Bonchev–Trinajstić information content (AvgIpc) is 2.49. The molecule has 1 amide bonds. The number of carbonyl (C=O) groups excluding carboxylic acids is 1. The Kier molecular flexibility index (Phi) is 5.28. The lowest BCUT2D eigenvalue weighted by atomic mass is 9.93. The van der Waals surface area contributed by atoms with Gasteiger partial charge in [0.15, 0.2) is 0 Å². The standard InChI is InChI=1S/C16H22F2N2O/c1-11(14-10-13(17)3-4-15(14)18)20(2)16(21)9-12-5-7-19-8-6-12/h3-4,10-12,19H,5-9H2,1-2H3. The second-order valence-corrected chi connectivity index (χ2v) is 5.74. The van der Waals surface area contributed by atoms with Crippen molar-refractivity contribution in [2.75, 3.05) is 20.1 Å². The van der Waals surface area contributed by atoms with Gasteiger partial charge in [-0.15, -0.1) is 0 Å². The molecule has 0 bridgehead atoms. The molecule has 1 unspecified atom stereocenters. The third kappa shape index (κ3) is 4.00. The van der Waals surface area contributed by atoms with Crippen LogP contribution in [0, 0.1) is 17.6 Å². The van der Waals surface area contributed by atoms with Crippen molar-refractivity contribution in [1.29, 1.82) is 0 Å². The molecule has 1 aromatic carbocycles. The second-order valence-electron chi connectivity index (χ2n) is 5.74. The highest BCUT2D eigenvalue weighted by Crippen LogP contribution is 2.25. The number of nitrogens with zero attached hydrogens (tertiary/aromatic N) is 1. The topological polar surface area (TPSA) is 32.3 Å². The zero-order valence-electron chi connectivity index (χ0n) is 12.5. The van der Waals surface area contributed by atoms with Crippen LogP contribution in [0.2, 0.25) is 0 Å². The molecule has 0 radical (unpaired) electrons. The number of amides is 1. The first-order valence-corrected chi connectivity index (χ1v) is 7.40. The van der Waals surface area contributed by atoms with Crippen molar-refractivity contribution in [3.63, 3.8) is 0 Å². The smallest absolute Gasteiger partial charge is 0.223 e. The SMILES string of the molecule is CC(c1cc(F)ccc1F)N(C)C(=O)CC1CCNCC1. The van der Waals surface area contributed by atoms with Gasteiger partial charge in [-0.25, -0.2) is 8.78 Å². The first kappa shape index (κ1) is 15.9. The molecule has 1 fully saturated rings. The Morgan fingerprint density at radius 1 is 1.38 bits per heavy atom. The number of piperidine rings is 1. The van der Waals surface area contributed by atoms with Crippen molar-refractivity contribution >= 4 is 5.91 Å². The molecule has 2 rings (SSSR count). The fourth-order valence-electron chi connectivity index (χ4n) is 2.74. The summed E-state index contributed by atoms with van der Waals surface area (Å²) >= 11 is 0. The Morgan fingerprint density at radius 2 is 2.05 bits per heavy atom. The molecule has 1 aromatic rings. The van der Waals surface area contributed by atoms with E-state index in [1.165, 1.54) is 4.90 Å². The maximum atomic E-state index is 13.8. The van der Waals surface area contributed by atoms with Crippen LogP contribution in [0.3, 0.4) is 0 Å². The third-order valence-electron chi connectivity index (χ3n) is 4.30. The quantitative estimate of drug-likeness (QED) is 0.926. The van der Waals surface area contributed by atoms with E-state index in [-0.39, 0.29) is 11.5 Å². The number of hydrogen-bond acceptors (Lipinski definition) is 2. The lowest BCUT2D eigenvalue weighted by Gasteiger charge is -2.29. The van der Waals surface area contributed by atoms with Crippen LogP contribution in [0.1, 0.15) is 37.8 Å². The highest BCUT2D eigenvalue weighted by atomic mass is 19.1. The Hall–Kier alpha value is -1.49. The summed E-state index contributed by atoms with van der Waals surface area (Å²) in [5.41, 5.74) is 0.219. The van der Waals surface area contributed by atoms with Crippen molar-refractivity contribution in [3.05, 3.63) is 35.4 Å². The molecule has 1 N–H and O–H groups in total. The molecule has 0 aromatic heterocycles. The summed E-state index contributed by atoms with van der Waals surface area (Å²) in [5, 5.41) is 3.26. The molecule has 116 valence electrons. The summed E-state index contributed by atoms with van der Waals surface area (Å²) < 4.78 is 27.1. The van der Waals surface area contributed by atoms with Crippen LogP contribution in [0.5, 0.6) is 0 Å². The summed E-state index contributed by atoms with van der Waals surface area (Å²) in [6, 6.07) is 2.87. The van der Waals surface area contributed by atoms with E-state index in [1.54, 1.807) is 14.0 Å². The van der Waals surface area contributed by atoms with E-state index < -0.39 is 17.7 Å². The van der Waals surface area contributed by atoms with Gasteiger partial charge >= 0.3 is 0 Å². The lowest BCUT2D eigenvalue weighted by Crippen LogP contribution is -2.34. The molecule has 0 spiro atoms. The van der Waals surface area contributed by atoms with Gasteiger partial charge in [-0.1, -0.05) is 0 Å². The number of rotatable bonds is 4. The van der Waals surface area contributed by atoms with E-state index in [1.807, 2.05) is 0 Å². The highest BCUT2D eigenvalue weighted by Gasteiger charge is 2.24. The van der Waals surface area contributed by atoms with E-state index >= 15 is 0 Å². The minimum Gasteiger partial charge on any atom is -0.339 e. The largest absolute Gasteiger partial charge is 0.339 e. The van der Waals surface area contributed by atoms with Gasteiger partial charge in [-0.05, 0) is 57.0 Å². The molecule has 1 heterocycles. The van der Waals surface area contributed by atoms with E-state index in [2.05, 4.69) is 5.32 Å². The van der Waals surface area contributed by atoms with Crippen LogP contribution in [-0.4, -0.2) is 30.9 Å². The number of carbonyl (C=O) groups is 1. The summed E-state index contributed by atoms with van der Waals surface area (Å²) in [6.45, 7) is 3.60. The number of benzene rings is 1. The Balaban J connectivity index is 2.02. The predicted molar refractivity (Wildman–Crippen MR) is 77.8 cm³/mol. The Bertz CT molecular complexity index is 501. The number of halogens is 2. The maximum Gasteiger partial charge on any atom is 0.223 e. The van der Waals surface area contributed by atoms with Crippen LogP contribution in [-0.2, 0) is 4.79 Å². The average molecular weight is 296 g/mol. The van der Waals surface area contributed by atoms with Crippen molar-refractivity contribution in [1.82, 2.24) is 10.2 Å². The molecule has 1 aliphatic rings.